The summed E-state index contributed by atoms with van der Waals surface area (Å²) >= 11 is 0. The van der Waals surface area contributed by atoms with Gasteiger partial charge in [-0.05, 0) is 44.5 Å². The van der Waals surface area contributed by atoms with Crippen LogP contribution < -0.4 is 5.73 Å². The number of nitrogens with zero attached hydrogens (tertiary/aromatic N) is 1. The Morgan fingerprint density at radius 3 is 2.48 bits per heavy atom. The van der Waals surface area contributed by atoms with Crippen LogP contribution in [0.15, 0.2) is 48.5 Å². The van der Waals surface area contributed by atoms with Gasteiger partial charge in [-0.3, -0.25) is 0 Å². The summed E-state index contributed by atoms with van der Waals surface area (Å²) in [5.41, 5.74) is 12.3. The Morgan fingerprint density at radius 2 is 1.76 bits per heavy atom. The SMILES string of the molecule is Cc1ccc2c(c1)c(-c1ccccc1)c(C)n2CCCN. The van der Waals surface area contributed by atoms with Crippen LogP contribution >= 0.6 is 0 Å². The predicted molar refractivity (Wildman–Crippen MR) is 90.5 cm³/mol. The molecule has 0 unspecified atom stereocenters. The first-order valence-corrected chi connectivity index (χ1v) is 7.57. The van der Waals surface area contributed by atoms with Gasteiger partial charge in [-0.2, -0.15) is 0 Å². The third kappa shape index (κ3) is 2.47. The zero-order chi connectivity index (χ0) is 14.8. The van der Waals surface area contributed by atoms with Crippen molar-refractivity contribution in [3.63, 3.8) is 0 Å². The molecule has 2 nitrogen and oxygen atoms in total. The van der Waals surface area contributed by atoms with E-state index in [2.05, 4.69) is 66.9 Å². The Bertz CT molecular complexity index is 754. The zero-order valence-corrected chi connectivity index (χ0v) is 12.8. The maximum absolute atomic E-state index is 5.70. The van der Waals surface area contributed by atoms with Crippen LogP contribution in [0.1, 0.15) is 17.7 Å². The summed E-state index contributed by atoms with van der Waals surface area (Å²) in [4.78, 5) is 0. The lowest BCUT2D eigenvalue weighted by Gasteiger charge is -2.08. The second kappa shape index (κ2) is 5.74. The normalized spacial score (nSPS) is 11.2. The largest absolute Gasteiger partial charge is 0.344 e. The Balaban J connectivity index is 2.27. The van der Waals surface area contributed by atoms with Gasteiger partial charge in [0.05, 0.1) is 0 Å². The Labute approximate surface area is 126 Å². The molecule has 1 heterocycles. The molecule has 0 radical (unpaired) electrons. The van der Waals surface area contributed by atoms with Crippen LogP contribution in [0.5, 0.6) is 0 Å². The van der Waals surface area contributed by atoms with Crippen molar-refractivity contribution in [2.75, 3.05) is 6.54 Å². The van der Waals surface area contributed by atoms with E-state index >= 15 is 0 Å². The van der Waals surface area contributed by atoms with Gasteiger partial charge < -0.3 is 10.3 Å². The topological polar surface area (TPSA) is 30.9 Å². The third-order valence-electron chi connectivity index (χ3n) is 4.13. The van der Waals surface area contributed by atoms with Crippen molar-refractivity contribution < 1.29 is 0 Å². The molecule has 1 aromatic heterocycles. The molecular weight excluding hydrogens is 256 g/mol. The highest BCUT2D eigenvalue weighted by Crippen LogP contribution is 2.35. The summed E-state index contributed by atoms with van der Waals surface area (Å²) in [5, 5.41) is 1.34. The minimum atomic E-state index is 0.728. The van der Waals surface area contributed by atoms with Gasteiger partial charge >= 0.3 is 0 Å². The molecule has 2 heteroatoms. The summed E-state index contributed by atoms with van der Waals surface area (Å²) < 4.78 is 2.41. The van der Waals surface area contributed by atoms with E-state index in [1.807, 2.05) is 0 Å². The lowest BCUT2D eigenvalue weighted by Crippen LogP contribution is -2.06. The van der Waals surface area contributed by atoms with Gasteiger partial charge in [0.1, 0.15) is 0 Å². The smallest absolute Gasteiger partial charge is 0.0489 e. The fourth-order valence-electron chi connectivity index (χ4n) is 3.10. The molecule has 0 bridgehead atoms. The molecule has 0 spiro atoms. The minimum Gasteiger partial charge on any atom is -0.344 e. The first-order valence-electron chi connectivity index (χ1n) is 7.57. The second-order valence-corrected chi connectivity index (χ2v) is 5.64. The Hall–Kier alpha value is -2.06. The van der Waals surface area contributed by atoms with Crippen molar-refractivity contribution in [2.24, 2.45) is 5.73 Å². The van der Waals surface area contributed by atoms with Gasteiger partial charge in [0.2, 0.25) is 0 Å². The number of benzene rings is 2. The number of aryl methyl sites for hydroxylation is 2. The number of hydrogen-bond donors (Lipinski definition) is 1. The minimum absolute atomic E-state index is 0.728. The van der Waals surface area contributed by atoms with E-state index in [0.29, 0.717) is 0 Å². The van der Waals surface area contributed by atoms with E-state index in [1.165, 1.54) is 33.3 Å². The molecule has 0 atom stereocenters. The molecule has 2 N–H and O–H groups in total. The van der Waals surface area contributed by atoms with E-state index in [1.54, 1.807) is 0 Å². The average Bonchev–Trinajstić information content (AvgIpc) is 2.77. The van der Waals surface area contributed by atoms with E-state index in [9.17, 15) is 0 Å². The molecule has 3 rings (SSSR count). The van der Waals surface area contributed by atoms with E-state index in [4.69, 9.17) is 5.73 Å². The molecule has 0 saturated heterocycles. The Morgan fingerprint density at radius 1 is 1.00 bits per heavy atom. The lowest BCUT2D eigenvalue weighted by molar-refractivity contribution is 0.657. The highest BCUT2D eigenvalue weighted by atomic mass is 15.0. The number of nitrogens with two attached hydrogens (primary N) is 1. The lowest BCUT2D eigenvalue weighted by atomic mass is 10.0. The molecule has 0 amide bonds. The van der Waals surface area contributed by atoms with E-state index in [-0.39, 0.29) is 0 Å². The van der Waals surface area contributed by atoms with Crippen LogP contribution in [0.2, 0.25) is 0 Å². The van der Waals surface area contributed by atoms with Gasteiger partial charge in [-0.25, -0.2) is 0 Å². The van der Waals surface area contributed by atoms with Crippen molar-refractivity contribution >= 4 is 10.9 Å². The van der Waals surface area contributed by atoms with E-state index in [0.717, 1.165) is 19.5 Å². The van der Waals surface area contributed by atoms with E-state index < -0.39 is 0 Å². The maximum atomic E-state index is 5.70. The van der Waals surface area contributed by atoms with Crippen molar-refractivity contribution in [3.05, 3.63) is 59.8 Å². The predicted octanol–water partition coefficient (Wildman–Crippen LogP) is 4.27. The van der Waals surface area contributed by atoms with Crippen LogP contribution in [0.3, 0.4) is 0 Å². The molecule has 108 valence electrons. The molecule has 3 aromatic rings. The fourth-order valence-corrected chi connectivity index (χ4v) is 3.10. The average molecular weight is 278 g/mol. The summed E-state index contributed by atoms with van der Waals surface area (Å²) in [5.74, 6) is 0. The monoisotopic (exact) mass is 278 g/mol. The summed E-state index contributed by atoms with van der Waals surface area (Å²) in [7, 11) is 0. The maximum Gasteiger partial charge on any atom is 0.0489 e. The molecule has 0 aliphatic heterocycles. The molecule has 0 aliphatic carbocycles. The number of fused-ring (bicyclic) bond motifs is 1. The molecule has 0 aliphatic rings. The first kappa shape index (κ1) is 13.9. The number of hydrogen-bond acceptors (Lipinski definition) is 1. The number of aromatic nitrogens is 1. The first-order chi connectivity index (χ1) is 10.2. The highest BCUT2D eigenvalue weighted by molar-refractivity contribution is 5.98. The van der Waals surface area contributed by atoms with Gasteiger partial charge in [0.25, 0.3) is 0 Å². The van der Waals surface area contributed by atoms with Gasteiger partial charge in [-0.15, -0.1) is 0 Å². The third-order valence-corrected chi connectivity index (χ3v) is 4.13. The number of rotatable bonds is 4. The molecular formula is C19H22N2. The second-order valence-electron chi connectivity index (χ2n) is 5.64. The van der Waals surface area contributed by atoms with Crippen molar-refractivity contribution in [1.29, 1.82) is 0 Å². The summed E-state index contributed by atoms with van der Waals surface area (Å²) in [6, 6.07) is 17.4. The zero-order valence-electron chi connectivity index (χ0n) is 12.8. The standard InChI is InChI=1S/C19H22N2/c1-14-9-10-18-17(13-14)19(16-7-4-3-5-8-16)15(2)21(18)12-6-11-20/h3-5,7-10,13H,6,11-12,20H2,1-2H3. The van der Waals surface area contributed by atoms with Crippen molar-refractivity contribution in [2.45, 2.75) is 26.8 Å². The van der Waals surface area contributed by atoms with Crippen molar-refractivity contribution in [1.82, 2.24) is 4.57 Å². The van der Waals surface area contributed by atoms with Gasteiger partial charge in [-0.1, -0.05) is 42.0 Å². The van der Waals surface area contributed by atoms with Crippen LogP contribution in [-0.4, -0.2) is 11.1 Å². The molecule has 2 aromatic carbocycles. The van der Waals surface area contributed by atoms with Gasteiger partial charge in [0, 0.05) is 28.7 Å². The fraction of sp³-hybridized carbons (Fsp3) is 0.263. The molecule has 0 saturated carbocycles. The molecule has 21 heavy (non-hydrogen) atoms. The van der Waals surface area contributed by atoms with Crippen LogP contribution in [-0.2, 0) is 6.54 Å². The Kier molecular flexibility index (Phi) is 3.80. The van der Waals surface area contributed by atoms with Crippen LogP contribution in [0.4, 0.5) is 0 Å². The quantitative estimate of drug-likeness (QED) is 0.759. The van der Waals surface area contributed by atoms with Gasteiger partial charge in [0.15, 0.2) is 0 Å². The summed E-state index contributed by atoms with van der Waals surface area (Å²) in [6.07, 6.45) is 1.01. The van der Waals surface area contributed by atoms with Crippen molar-refractivity contribution in [3.8, 4) is 11.1 Å². The highest BCUT2D eigenvalue weighted by Gasteiger charge is 2.15. The molecule has 0 fully saturated rings. The van der Waals surface area contributed by atoms with Crippen LogP contribution in [0.25, 0.3) is 22.0 Å². The van der Waals surface area contributed by atoms with Crippen LogP contribution in [0, 0.1) is 13.8 Å². The summed E-state index contributed by atoms with van der Waals surface area (Å²) in [6.45, 7) is 6.08.